The molecule has 1 saturated heterocycles. The summed E-state index contributed by atoms with van der Waals surface area (Å²) < 4.78 is 48.8. The van der Waals surface area contributed by atoms with Crippen molar-refractivity contribution in [2.75, 3.05) is 26.4 Å². The number of benzene rings is 1. The molecule has 8 heteroatoms. The summed E-state index contributed by atoms with van der Waals surface area (Å²) in [4.78, 5) is 12.0. The normalized spacial score (nSPS) is 17.3. The number of rotatable bonds is 6. The molecular weight excluding hydrogens is 325 g/mol. The molecule has 0 saturated carbocycles. The molecule has 134 valence electrons. The van der Waals surface area contributed by atoms with Crippen molar-refractivity contribution < 1.29 is 27.4 Å². The highest BCUT2D eigenvalue weighted by molar-refractivity contribution is 5.81. The number of carbonyl (C=O) groups excluding carboxylic acids is 1. The highest BCUT2D eigenvalue weighted by Crippen LogP contribution is 2.35. The second-order valence-electron chi connectivity index (χ2n) is 5.61. The van der Waals surface area contributed by atoms with Gasteiger partial charge < -0.3 is 20.5 Å². The van der Waals surface area contributed by atoms with Crippen molar-refractivity contribution in [2.45, 2.75) is 25.1 Å². The summed E-state index contributed by atoms with van der Waals surface area (Å²) >= 11 is 0. The van der Waals surface area contributed by atoms with E-state index >= 15 is 0 Å². The number of nitrogens with one attached hydrogen (secondary N) is 1. The van der Waals surface area contributed by atoms with E-state index in [9.17, 15) is 18.0 Å². The molecular formula is C16H21F3N2O3. The van der Waals surface area contributed by atoms with Crippen molar-refractivity contribution in [3.8, 4) is 5.75 Å². The number of ether oxygens (including phenoxy) is 2. The first-order valence-corrected chi connectivity index (χ1v) is 7.79. The minimum Gasteiger partial charge on any atom is -0.491 e. The summed E-state index contributed by atoms with van der Waals surface area (Å²) in [7, 11) is 0. The van der Waals surface area contributed by atoms with Crippen molar-refractivity contribution in [3.05, 3.63) is 29.8 Å². The first kappa shape index (κ1) is 18.5. The number of hydrogen-bond acceptors (Lipinski definition) is 4. The highest BCUT2D eigenvalue weighted by atomic mass is 19.4. The smallest absolute Gasteiger partial charge is 0.419 e. The standard InChI is InChI=1S/C16H21F3N2O3/c17-16(18,19)12-3-1-2-4-13(12)24-10-7-21-15(22)14(20)11-5-8-23-9-6-11/h1-4,11,14H,5-10,20H2,(H,21,22). The van der Waals surface area contributed by atoms with Gasteiger partial charge in [-0.15, -0.1) is 0 Å². The van der Waals surface area contributed by atoms with E-state index in [0.717, 1.165) is 18.9 Å². The van der Waals surface area contributed by atoms with E-state index in [4.69, 9.17) is 15.2 Å². The van der Waals surface area contributed by atoms with E-state index in [2.05, 4.69) is 5.32 Å². The molecule has 1 aromatic carbocycles. The van der Waals surface area contributed by atoms with Crippen LogP contribution in [0.3, 0.4) is 0 Å². The lowest BCUT2D eigenvalue weighted by molar-refractivity contribution is -0.139. The van der Waals surface area contributed by atoms with Gasteiger partial charge in [-0.2, -0.15) is 13.2 Å². The van der Waals surface area contributed by atoms with Crippen molar-refractivity contribution >= 4 is 5.91 Å². The fourth-order valence-corrected chi connectivity index (χ4v) is 2.57. The highest BCUT2D eigenvalue weighted by Gasteiger charge is 2.34. The van der Waals surface area contributed by atoms with Crippen molar-refractivity contribution in [3.63, 3.8) is 0 Å². The Labute approximate surface area is 138 Å². The second-order valence-corrected chi connectivity index (χ2v) is 5.61. The van der Waals surface area contributed by atoms with E-state index in [0.29, 0.717) is 13.2 Å². The predicted molar refractivity (Wildman–Crippen MR) is 81.5 cm³/mol. The lowest BCUT2D eigenvalue weighted by Crippen LogP contribution is -2.47. The SMILES string of the molecule is NC(C(=O)NCCOc1ccccc1C(F)(F)F)C1CCOCC1. The van der Waals surface area contributed by atoms with Gasteiger partial charge in [0, 0.05) is 13.2 Å². The quantitative estimate of drug-likeness (QED) is 0.772. The fourth-order valence-electron chi connectivity index (χ4n) is 2.57. The van der Waals surface area contributed by atoms with Crippen LogP contribution in [0.25, 0.3) is 0 Å². The van der Waals surface area contributed by atoms with Gasteiger partial charge in [0.1, 0.15) is 12.4 Å². The molecule has 0 radical (unpaired) electrons. The van der Waals surface area contributed by atoms with Crippen LogP contribution in [0.2, 0.25) is 0 Å². The van der Waals surface area contributed by atoms with E-state index in [-0.39, 0.29) is 30.7 Å². The summed E-state index contributed by atoms with van der Waals surface area (Å²) in [6.07, 6.45) is -3.03. The first-order valence-electron chi connectivity index (χ1n) is 7.79. The van der Waals surface area contributed by atoms with E-state index in [1.807, 2.05) is 0 Å². The molecule has 2 rings (SSSR count). The first-order chi connectivity index (χ1) is 11.4. The molecule has 24 heavy (non-hydrogen) atoms. The fraction of sp³-hybridized carbons (Fsp3) is 0.562. The van der Waals surface area contributed by atoms with Gasteiger partial charge in [0.25, 0.3) is 0 Å². The lowest BCUT2D eigenvalue weighted by atomic mass is 9.92. The van der Waals surface area contributed by atoms with Gasteiger partial charge in [0.15, 0.2) is 0 Å². The molecule has 1 atom stereocenters. The van der Waals surface area contributed by atoms with Gasteiger partial charge >= 0.3 is 6.18 Å². The molecule has 0 aliphatic carbocycles. The number of hydrogen-bond donors (Lipinski definition) is 2. The van der Waals surface area contributed by atoms with Crippen LogP contribution in [0.1, 0.15) is 18.4 Å². The third-order valence-corrected chi connectivity index (χ3v) is 3.93. The van der Waals surface area contributed by atoms with E-state index < -0.39 is 17.8 Å². The maximum Gasteiger partial charge on any atom is 0.419 e. The Bertz CT molecular complexity index is 546. The maximum absolute atomic E-state index is 12.8. The van der Waals surface area contributed by atoms with E-state index in [1.165, 1.54) is 18.2 Å². The monoisotopic (exact) mass is 346 g/mol. The Morgan fingerprint density at radius 3 is 2.67 bits per heavy atom. The Morgan fingerprint density at radius 1 is 1.33 bits per heavy atom. The molecule has 1 fully saturated rings. The number of amides is 1. The van der Waals surface area contributed by atoms with Gasteiger partial charge in [-0.1, -0.05) is 12.1 Å². The van der Waals surface area contributed by atoms with Crippen LogP contribution in [0, 0.1) is 5.92 Å². The third kappa shape index (κ3) is 5.10. The van der Waals surface area contributed by atoms with Crippen LogP contribution in [-0.2, 0) is 15.7 Å². The molecule has 5 nitrogen and oxygen atoms in total. The van der Waals surface area contributed by atoms with Crippen LogP contribution in [0.5, 0.6) is 5.75 Å². The van der Waals surface area contributed by atoms with Gasteiger partial charge in [0.05, 0.1) is 18.2 Å². The Balaban J connectivity index is 1.78. The van der Waals surface area contributed by atoms with Crippen LogP contribution in [-0.4, -0.2) is 38.3 Å². The van der Waals surface area contributed by atoms with Crippen LogP contribution in [0.4, 0.5) is 13.2 Å². The molecule has 0 spiro atoms. The number of nitrogens with two attached hydrogens (primary N) is 1. The molecule has 1 aliphatic rings. The molecule has 1 amide bonds. The summed E-state index contributed by atoms with van der Waals surface area (Å²) in [5.74, 6) is -0.520. The Hall–Kier alpha value is -1.80. The van der Waals surface area contributed by atoms with Crippen LogP contribution < -0.4 is 15.8 Å². The maximum atomic E-state index is 12.8. The third-order valence-electron chi connectivity index (χ3n) is 3.93. The van der Waals surface area contributed by atoms with Crippen molar-refractivity contribution in [2.24, 2.45) is 11.7 Å². The summed E-state index contributed by atoms with van der Waals surface area (Å²) in [6, 6.07) is 4.32. The van der Waals surface area contributed by atoms with Gasteiger partial charge in [0.2, 0.25) is 5.91 Å². The zero-order valence-electron chi connectivity index (χ0n) is 13.1. The van der Waals surface area contributed by atoms with Gasteiger partial charge in [-0.3, -0.25) is 4.79 Å². The number of halogens is 3. The lowest BCUT2D eigenvalue weighted by Gasteiger charge is -2.26. The molecule has 0 aromatic heterocycles. The van der Waals surface area contributed by atoms with Crippen molar-refractivity contribution in [1.82, 2.24) is 5.32 Å². The predicted octanol–water partition coefficient (Wildman–Crippen LogP) is 1.95. The zero-order chi connectivity index (χ0) is 17.6. The molecule has 0 bridgehead atoms. The molecule has 1 aromatic rings. The summed E-state index contributed by atoms with van der Waals surface area (Å²) in [5, 5.41) is 2.60. The van der Waals surface area contributed by atoms with Gasteiger partial charge in [-0.05, 0) is 30.9 Å². The minimum absolute atomic E-state index is 0.0608. The molecule has 3 N–H and O–H groups in total. The molecule has 1 heterocycles. The number of carbonyl (C=O) groups is 1. The van der Waals surface area contributed by atoms with Gasteiger partial charge in [-0.25, -0.2) is 0 Å². The second kappa shape index (κ2) is 8.34. The largest absolute Gasteiger partial charge is 0.491 e. The average Bonchev–Trinajstić information content (AvgIpc) is 2.58. The topological polar surface area (TPSA) is 73.6 Å². The summed E-state index contributed by atoms with van der Waals surface area (Å²) in [6.45, 7) is 1.19. The minimum atomic E-state index is -4.48. The van der Waals surface area contributed by atoms with Crippen molar-refractivity contribution in [1.29, 1.82) is 0 Å². The van der Waals surface area contributed by atoms with Crippen LogP contribution in [0.15, 0.2) is 24.3 Å². The number of alkyl halides is 3. The summed E-state index contributed by atoms with van der Waals surface area (Å²) in [5.41, 5.74) is 5.07. The van der Waals surface area contributed by atoms with Crippen LogP contribution >= 0.6 is 0 Å². The zero-order valence-corrected chi connectivity index (χ0v) is 13.1. The molecule has 1 unspecified atom stereocenters. The molecule has 1 aliphatic heterocycles. The Morgan fingerprint density at radius 2 is 2.00 bits per heavy atom. The number of para-hydroxylation sites is 1. The Kier molecular flexibility index (Phi) is 6.44. The average molecular weight is 346 g/mol. The van der Waals surface area contributed by atoms with E-state index in [1.54, 1.807) is 0 Å².